The second-order valence-electron chi connectivity index (χ2n) is 6.38. The normalized spacial score (nSPS) is 19.3. The van der Waals surface area contributed by atoms with Crippen molar-refractivity contribution >= 4 is 5.91 Å². The molecule has 1 amide bonds. The Balaban J connectivity index is 1.72. The lowest BCUT2D eigenvalue weighted by molar-refractivity contribution is -0.119. The van der Waals surface area contributed by atoms with Gasteiger partial charge in [-0.3, -0.25) is 4.79 Å². The maximum Gasteiger partial charge on any atom is 0.416 e. The molecule has 0 aromatic carbocycles. The van der Waals surface area contributed by atoms with E-state index < -0.39 is 17.7 Å². The van der Waals surface area contributed by atoms with E-state index in [1.165, 1.54) is 6.08 Å². The zero-order valence-corrected chi connectivity index (χ0v) is 13.3. The summed E-state index contributed by atoms with van der Waals surface area (Å²) in [7, 11) is 0. The van der Waals surface area contributed by atoms with Gasteiger partial charge in [0.05, 0.1) is 5.57 Å². The van der Waals surface area contributed by atoms with Gasteiger partial charge in [0.25, 0.3) is 0 Å². The minimum Gasteiger partial charge on any atom is -0.351 e. The molecule has 1 aromatic rings. The van der Waals surface area contributed by atoms with Gasteiger partial charge in [0.1, 0.15) is 5.82 Å². The number of alkyl halides is 3. The quantitative estimate of drug-likeness (QED) is 0.918. The first-order valence-corrected chi connectivity index (χ1v) is 7.86. The molecule has 0 unspecified atom stereocenters. The molecule has 0 spiro atoms. The number of hydrogen-bond acceptors (Lipinski definition) is 3. The van der Waals surface area contributed by atoms with Crippen LogP contribution in [0.3, 0.4) is 0 Å². The van der Waals surface area contributed by atoms with Crippen LogP contribution in [0, 0.1) is 6.92 Å². The zero-order valence-electron chi connectivity index (χ0n) is 13.3. The average Bonchev–Trinajstić information content (AvgIpc) is 3.33. The van der Waals surface area contributed by atoms with Crippen molar-refractivity contribution in [3.63, 3.8) is 0 Å². The number of nitrogens with one attached hydrogen (secondary N) is 1. The Bertz CT molecular complexity index is 701. The largest absolute Gasteiger partial charge is 0.416 e. The molecule has 1 fully saturated rings. The number of carbonyl (C=O) groups excluding carboxylic acids is 1. The van der Waals surface area contributed by atoms with Gasteiger partial charge < -0.3 is 5.32 Å². The highest BCUT2D eigenvalue weighted by atomic mass is 19.4. The fourth-order valence-electron chi connectivity index (χ4n) is 2.82. The van der Waals surface area contributed by atoms with Gasteiger partial charge in [-0.1, -0.05) is 12.2 Å². The third kappa shape index (κ3) is 3.34. The molecule has 0 saturated heterocycles. The predicted molar refractivity (Wildman–Crippen MR) is 82.1 cm³/mol. The van der Waals surface area contributed by atoms with Crippen LogP contribution in [-0.2, 0) is 10.2 Å². The van der Waals surface area contributed by atoms with Gasteiger partial charge in [-0.05, 0) is 38.2 Å². The van der Waals surface area contributed by atoms with Crippen molar-refractivity contribution in [3.05, 3.63) is 47.1 Å². The molecule has 0 aliphatic heterocycles. The molecule has 0 radical (unpaired) electrons. The van der Waals surface area contributed by atoms with Crippen molar-refractivity contribution in [2.24, 2.45) is 0 Å². The van der Waals surface area contributed by atoms with E-state index in [1.807, 2.05) is 6.92 Å². The van der Waals surface area contributed by atoms with Crippen LogP contribution in [0.4, 0.5) is 13.2 Å². The molecule has 7 heteroatoms. The minimum absolute atomic E-state index is 0.102. The summed E-state index contributed by atoms with van der Waals surface area (Å²) in [6, 6.07) is 0. The highest BCUT2D eigenvalue weighted by Gasteiger charge is 2.47. The molecular formula is C17H18F3N3O. The van der Waals surface area contributed by atoms with E-state index >= 15 is 0 Å². The number of halogens is 3. The topological polar surface area (TPSA) is 54.9 Å². The smallest absolute Gasteiger partial charge is 0.351 e. The molecular weight excluding hydrogens is 319 g/mol. The third-order valence-electron chi connectivity index (χ3n) is 4.45. The van der Waals surface area contributed by atoms with Crippen molar-refractivity contribution in [1.82, 2.24) is 15.3 Å². The Morgan fingerprint density at radius 1 is 1.29 bits per heavy atom. The number of rotatable bonds is 4. The molecule has 2 aliphatic carbocycles. The van der Waals surface area contributed by atoms with E-state index in [0.717, 1.165) is 24.5 Å². The van der Waals surface area contributed by atoms with Crippen LogP contribution in [0.5, 0.6) is 0 Å². The first-order valence-electron chi connectivity index (χ1n) is 7.86. The maximum atomic E-state index is 13.0. The number of aryl methyl sites for hydroxylation is 1. The lowest BCUT2D eigenvalue weighted by Gasteiger charge is -2.20. The summed E-state index contributed by atoms with van der Waals surface area (Å²) < 4.78 is 39.1. The molecule has 2 aliphatic rings. The summed E-state index contributed by atoms with van der Waals surface area (Å²) >= 11 is 0. The van der Waals surface area contributed by atoms with Crippen LogP contribution in [0.2, 0.25) is 0 Å². The maximum absolute atomic E-state index is 13.0. The third-order valence-corrected chi connectivity index (χ3v) is 4.45. The molecule has 3 rings (SSSR count). The van der Waals surface area contributed by atoms with Crippen molar-refractivity contribution in [3.8, 4) is 0 Å². The summed E-state index contributed by atoms with van der Waals surface area (Å²) in [5.74, 6) is -0.00738. The summed E-state index contributed by atoms with van der Waals surface area (Å²) in [5.41, 5.74) is -0.437. The first kappa shape index (κ1) is 16.7. The number of amides is 1. The molecule has 0 atom stereocenters. The van der Waals surface area contributed by atoms with Crippen LogP contribution < -0.4 is 5.32 Å². The minimum atomic E-state index is -4.51. The summed E-state index contributed by atoms with van der Waals surface area (Å²) in [5, 5.41) is 2.66. The van der Waals surface area contributed by atoms with Crippen molar-refractivity contribution in [2.45, 2.75) is 44.2 Å². The lowest BCUT2D eigenvalue weighted by Crippen LogP contribution is -2.35. The fraction of sp³-hybridized carbons (Fsp3) is 0.471. The highest BCUT2D eigenvalue weighted by Crippen LogP contribution is 2.46. The van der Waals surface area contributed by atoms with Gasteiger partial charge in [0.2, 0.25) is 5.91 Å². The predicted octanol–water partition coefficient (Wildman–Crippen LogP) is 3.14. The van der Waals surface area contributed by atoms with Crippen LogP contribution in [0.25, 0.3) is 0 Å². The number of hydrogen-bond donors (Lipinski definition) is 1. The van der Waals surface area contributed by atoms with E-state index in [2.05, 4.69) is 15.3 Å². The number of aromatic nitrogens is 2. The monoisotopic (exact) mass is 337 g/mol. The van der Waals surface area contributed by atoms with E-state index in [4.69, 9.17) is 0 Å². The fourth-order valence-corrected chi connectivity index (χ4v) is 2.82. The van der Waals surface area contributed by atoms with Gasteiger partial charge >= 0.3 is 6.18 Å². The van der Waals surface area contributed by atoms with Gasteiger partial charge in [0, 0.05) is 29.9 Å². The Morgan fingerprint density at radius 3 is 2.54 bits per heavy atom. The Kier molecular flexibility index (Phi) is 4.19. The van der Waals surface area contributed by atoms with E-state index in [0.29, 0.717) is 12.2 Å². The molecule has 1 saturated carbocycles. The Morgan fingerprint density at radius 2 is 1.96 bits per heavy atom. The number of carbonyl (C=O) groups is 1. The van der Waals surface area contributed by atoms with E-state index in [-0.39, 0.29) is 24.0 Å². The average molecular weight is 337 g/mol. The summed E-state index contributed by atoms with van der Waals surface area (Å²) in [6.45, 7) is 2.14. The van der Waals surface area contributed by atoms with Gasteiger partial charge in [-0.15, -0.1) is 0 Å². The molecule has 0 bridgehead atoms. The van der Waals surface area contributed by atoms with Crippen LogP contribution in [0.1, 0.15) is 37.1 Å². The van der Waals surface area contributed by atoms with Crippen molar-refractivity contribution in [1.29, 1.82) is 0 Å². The highest BCUT2D eigenvalue weighted by molar-refractivity contribution is 5.95. The second kappa shape index (κ2) is 6.03. The van der Waals surface area contributed by atoms with E-state index in [9.17, 15) is 18.0 Å². The Labute approximate surface area is 137 Å². The molecule has 1 heterocycles. The van der Waals surface area contributed by atoms with E-state index in [1.54, 1.807) is 12.4 Å². The van der Waals surface area contributed by atoms with Gasteiger partial charge in [-0.2, -0.15) is 13.2 Å². The molecule has 1 aromatic heterocycles. The van der Waals surface area contributed by atoms with Gasteiger partial charge in [-0.25, -0.2) is 9.97 Å². The number of nitrogens with zero attached hydrogens (tertiary/aromatic N) is 2. The van der Waals surface area contributed by atoms with Crippen molar-refractivity contribution in [2.75, 3.05) is 6.54 Å². The summed E-state index contributed by atoms with van der Waals surface area (Å²) in [4.78, 5) is 20.9. The van der Waals surface area contributed by atoms with Crippen LogP contribution >= 0.6 is 0 Å². The SMILES string of the molecule is Cc1cnc(C2(CNC(=O)C3=C(C(F)(F)F)C=CCC3)CC2)nc1. The first-order chi connectivity index (χ1) is 11.3. The second-order valence-corrected chi connectivity index (χ2v) is 6.38. The lowest BCUT2D eigenvalue weighted by atomic mass is 9.96. The zero-order chi connectivity index (χ0) is 17.4. The molecule has 24 heavy (non-hydrogen) atoms. The molecule has 4 nitrogen and oxygen atoms in total. The van der Waals surface area contributed by atoms with Gasteiger partial charge in [0.15, 0.2) is 0 Å². The van der Waals surface area contributed by atoms with Crippen molar-refractivity contribution < 1.29 is 18.0 Å². The van der Waals surface area contributed by atoms with Crippen LogP contribution in [-0.4, -0.2) is 28.6 Å². The molecule has 1 N–H and O–H groups in total. The standard InChI is InChI=1S/C17H18F3N3O/c1-11-8-21-15(22-9-11)16(6-7-16)10-23-14(24)12-4-2-3-5-13(12)17(18,19)20/h3,5,8-9H,2,4,6-7,10H2,1H3,(H,23,24). The molecule has 128 valence electrons. The number of allylic oxidation sites excluding steroid dienone is 3. The Hall–Kier alpha value is -2.18. The summed E-state index contributed by atoms with van der Waals surface area (Å²) in [6.07, 6.45) is 3.53. The van der Waals surface area contributed by atoms with Crippen LogP contribution in [0.15, 0.2) is 35.7 Å².